The molecule has 0 atom stereocenters. The fourth-order valence-corrected chi connectivity index (χ4v) is 2.36. The molecule has 1 heterocycles. The Bertz CT molecular complexity index is 682. The van der Waals surface area contributed by atoms with E-state index in [1.165, 1.54) is 12.1 Å². The average Bonchev–Trinajstić information content (AvgIpc) is 2.40. The predicted octanol–water partition coefficient (Wildman–Crippen LogP) is 1.69. The molecule has 5 nitrogen and oxygen atoms in total. The van der Waals surface area contributed by atoms with Crippen molar-refractivity contribution in [2.75, 3.05) is 11.9 Å². The number of benzene rings is 1. The molecule has 2 rings (SSSR count). The zero-order valence-electron chi connectivity index (χ0n) is 11.2. The zero-order valence-corrected chi connectivity index (χ0v) is 12.0. The molecule has 0 unspecified atom stereocenters. The Hall–Kier alpha value is -1.92. The van der Waals surface area contributed by atoms with Crippen LogP contribution in [-0.2, 0) is 16.4 Å². The molecular formula is C14H17N3O2S. The second-order valence-electron chi connectivity index (χ2n) is 4.53. The molecule has 0 saturated heterocycles. The number of aromatic nitrogens is 1. The summed E-state index contributed by atoms with van der Waals surface area (Å²) in [7, 11) is -3.61. The maximum Gasteiger partial charge on any atom is 0.238 e. The van der Waals surface area contributed by atoms with Gasteiger partial charge in [0.2, 0.25) is 10.0 Å². The van der Waals surface area contributed by atoms with Gasteiger partial charge in [-0.2, -0.15) is 0 Å². The number of aryl methyl sites for hydroxylation is 1. The van der Waals surface area contributed by atoms with Gasteiger partial charge in [-0.1, -0.05) is 18.2 Å². The van der Waals surface area contributed by atoms with Crippen LogP contribution < -0.4 is 10.5 Å². The van der Waals surface area contributed by atoms with Crippen LogP contribution in [0.5, 0.6) is 0 Å². The molecular weight excluding hydrogens is 274 g/mol. The molecule has 1 aromatic heterocycles. The Kier molecular flexibility index (Phi) is 4.36. The highest BCUT2D eigenvalue weighted by molar-refractivity contribution is 7.89. The van der Waals surface area contributed by atoms with E-state index in [2.05, 4.69) is 10.3 Å². The van der Waals surface area contributed by atoms with Crippen molar-refractivity contribution in [2.24, 2.45) is 5.14 Å². The quantitative estimate of drug-likeness (QED) is 0.878. The fraction of sp³-hybridized carbons (Fsp3) is 0.214. The molecule has 0 fully saturated rings. The summed E-state index contributed by atoms with van der Waals surface area (Å²) in [6.45, 7) is 2.73. The zero-order chi connectivity index (χ0) is 14.6. The summed E-state index contributed by atoms with van der Waals surface area (Å²) >= 11 is 0. The summed E-state index contributed by atoms with van der Waals surface area (Å²) in [6, 6.07) is 10.5. The summed E-state index contributed by atoms with van der Waals surface area (Å²) in [6.07, 6.45) is 2.52. The Morgan fingerprint density at radius 2 is 1.90 bits per heavy atom. The highest BCUT2D eigenvalue weighted by Crippen LogP contribution is 2.11. The Labute approximate surface area is 118 Å². The van der Waals surface area contributed by atoms with Crippen molar-refractivity contribution in [1.29, 1.82) is 0 Å². The molecule has 0 aliphatic carbocycles. The van der Waals surface area contributed by atoms with Gasteiger partial charge in [0.25, 0.3) is 0 Å². The Morgan fingerprint density at radius 1 is 1.20 bits per heavy atom. The minimum absolute atomic E-state index is 0.134. The third kappa shape index (κ3) is 3.79. The number of hydrogen-bond donors (Lipinski definition) is 2. The maximum absolute atomic E-state index is 11.1. The third-order valence-corrected chi connectivity index (χ3v) is 3.90. The molecule has 0 aliphatic heterocycles. The minimum atomic E-state index is -3.61. The van der Waals surface area contributed by atoms with E-state index in [4.69, 9.17) is 5.14 Å². The van der Waals surface area contributed by atoms with Crippen molar-refractivity contribution in [2.45, 2.75) is 18.2 Å². The Balaban J connectivity index is 1.94. The highest BCUT2D eigenvalue weighted by atomic mass is 32.2. The molecule has 0 radical (unpaired) electrons. The van der Waals surface area contributed by atoms with Crippen molar-refractivity contribution >= 4 is 15.8 Å². The molecule has 1 aromatic carbocycles. The number of pyridine rings is 1. The van der Waals surface area contributed by atoms with E-state index in [-0.39, 0.29) is 4.90 Å². The van der Waals surface area contributed by atoms with Crippen LogP contribution in [0.15, 0.2) is 47.5 Å². The van der Waals surface area contributed by atoms with E-state index in [0.717, 1.165) is 29.9 Å². The van der Waals surface area contributed by atoms with Gasteiger partial charge in [0.05, 0.1) is 4.90 Å². The number of hydrogen-bond acceptors (Lipinski definition) is 4. The van der Waals surface area contributed by atoms with Crippen molar-refractivity contribution in [3.8, 4) is 0 Å². The van der Waals surface area contributed by atoms with Crippen molar-refractivity contribution in [3.05, 3.63) is 53.7 Å². The largest absolute Gasteiger partial charge is 0.370 e. The highest BCUT2D eigenvalue weighted by Gasteiger charge is 2.06. The van der Waals surface area contributed by atoms with Crippen LogP contribution in [0.25, 0.3) is 0 Å². The van der Waals surface area contributed by atoms with Gasteiger partial charge in [0.1, 0.15) is 5.82 Å². The van der Waals surface area contributed by atoms with Crippen LogP contribution in [0.4, 0.5) is 5.82 Å². The number of sulfonamides is 1. The first-order valence-electron chi connectivity index (χ1n) is 6.24. The van der Waals surface area contributed by atoms with Gasteiger partial charge >= 0.3 is 0 Å². The molecule has 2 aromatic rings. The molecule has 3 N–H and O–H groups in total. The van der Waals surface area contributed by atoms with Crippen LogP contribution >= 0.6 is 0 Å². The topological polar surface area (TPSA) is 85.1 Å². The van der Waals surface area contributed by atoms with Crippen molar-refractivity contribution < 1.29 is 8.42 Å². The lowest BCUT2D eigenvalue weighted by Crippen LogP contribution is -2.12. The van der Waals surface area contributed by atoms with E-state index < -0.39 is 10.0 Å². The van der Waals surface area contributed by atoms with Gasteiger partial charge in [0, 0.05) is 12.7 Å². The van der Waals surface area contributed by atoms with Crippen molar-refractivity contribution in [1.82, 2.24) is 4.98 Å². The molecule has 0 bridgehead atoms. The van der Waals surface area contributed by atoms with Gasteiger partial charge in [-0.3, -0.25) is 0 Å². The molecule has 0 saturated carbocycles. The molecule has 106 valence electrons. The van der Waals surface area contributed by atoms with Crippen LogP contribution in [0.3, 0.4) is 0 Å². The monoisotopic (exact) mass is 291 g/mol. The lowest BCUT2D eigenvalue weighted by molar-refractivity contribution is 0.598. The fourth-order valence-electron chi connectivity index (χ4n) is 1.84. The van der Waals surface area contributed by atoms with E-state index in [1.54, 1.807) is 18.3 Å². The normalized spacial score (nSPS) is 11.3. The number of anilines is 1. The van der Waals surface area contributed by atoms with Gasteiger partial charge in [-0.15, -0.1) is 0 Å². The molecule has 0 spiro atoms. The summed E-state index contributed by atoms with van der Waals surface area (Å²) in [5.41, 5.74) is 2.13. The van der Waals surface area contributed by atoms with Crippen molar-refractivity contribution in [3.63, 3.8) is 0 Å². The summed E-state index contributed by atoms with van der Waals surface area (Å²) < 4.78 is 22.3. The standard InChI is InChI=1S/C14H17N3O2S/c1-11-3-2-9-16-14(11)17-10-8-12-4-6-13(7-5-12)20(15,18)19/h2-7,9H,8,10H2,1H3,(H,16,17)(H2,15,18,19). The maximum atomic E-state index is 11.1. The van der Waals surface area contributed by atoms with Gasteiger partial charge in [-0.05, 0) is 42.7 Å². The number of rotatable bonds is 5. The van der Waals surface area contributed by atoms with Gasteiger partial charge in [-0.25, -0.2) is 18.5 Å². The lowest BCUT2D eigenvalue weighted by Gasteiger charge is -2.08. The molecule has 6 heteroatoms. The molecule has 20 heavy (non-hydrogen) atoms. The van der Waals surface area contributed by atoms with E-state index >= 15 is 0 Å². The van der Waals surface area contributed by atoms with Crippen LogP contribution in [0.2, 0.25) is 0 Å². The number of nitrogens with one attached hydrogen (secondary N) is 1. The first kappa shape index (κ1) is 14.5. The first-order valence-corrected chi connectivity index (χ1v) is 7.79. The second kappa shape index (κ2) is 6.02. The van der Waals surface area contributed by atoms with Gasteiger partial charge < -0.3 is 5.32 Å². The lowest BCUT2D eigenvalue weighted by atomic mass is 10.1. The SMILES string of the molecule is Cc1cccnc1NCCc1ccc(S(N)(=O)=O)cc1. The average molecular weight is 291 g/mol. The predicted molar refractivity (Wildman–Crippen MR) is 79.0 cm³/mol. The number of nitrogens with zero attached hydrogens (tertiary/aromatic N) is 1. The van der Waals surface area contributed by atoms with Crippen LogP contribution in [0.1, 0.15) is 11.1 Å². The van der Waals surface area contributed by atoms with E-state index in [1.807, 2.05) is 19.1 Å². The van der Waals surface area contributed by atoms with Crippen LogP contribution in [0, 0.1) is 6.92 Å². The Morgan fingerprint density at radius 3 is 2.50 bits per heavy atom. The summed E-state index contributed by atoms with van der Waals surface area (Å²) in [4.78, 5) is 4.38. The van der Waals surface area contributed by atoms with Crippen LogP contribution in [-0.4, -0.2) is 19.9 Å². The summed E-state index contributed by atoms with van der Waals surface area (Å²) in [5.74, 6) is 0.869. The molecule has 0 aliphatic rings. The first-order chi connectivity index (χ1) is 9.47. The number of primary sulfonamides is 1. The van der Waals surface area contributed by atoms with E-state index in [0.29, 0.717) is 0 Å². The minimum Gasteiger partial charge on any atom is -0.370 e. The number of nitrogens with two attached hydrogens (primary N) is 1. The molecule has 0 amide bonds. The van der Waals surface area contributed by atoms with E-state index in [9.17, 15) is 8.42 Å². The third-order valence-electron chi connectivity index (χ3n) is 2.97. The van der Waals surface area contributed by atoms with Gasteiger partial charge in [0.15, 0.2) is 0 Å². The smallest absolute Gasteiger partial charge is 0.238 e. The summed E-state index contributed by atoms with van der Waals surface area (Å²) in [5, 5.41) is 8.30. The second-order valence-corrected chi connectivity index (χ2v) is 6.10.